The molecule has 1 unspecified atom stereocenters. The number of anilines is 1. The average molecular weight is 281 g/mol. The molecular weight excluding hydrogens is 268 g/mol. The van der Waals surface area contributed by atoms with Crippen molar-refractivity contribution in [1.82, 2.24) is 9.78 Å². The van der Waals surface area contributed by atoms with Gasteiger partial charge in [0.05, 0.1) is 16.5 Å². The topological polar surface area (TPSA) is 73.0 Å². The first-order chi connectivity index (χ1) is 9.08. The third-order valence-corrected chi connectivity index (χ3v) is 2.91. The Balaban J connectivity index is 2.16. The van der Waals surface area contributed by atoms with E-state index in [1.165, 1.54) is 6.07 Å². The molecule has 1 N–H and O–H groups in total. The van der Waals surface area contributed by atoms with Gasteiger partial charge in [-0.1, -0.05) is 17.7 Å². The summed E-state index contributed by atoms with van der Waals surface area (Å²) in [5.41, 5.74) is 0.314. The van der Waals surface area contributed by atoms with Crippen molar-refractivity contribution in [3.05, 3.63) is 51.8 Å². The maximum Gasteiger partial charge on any atom is 0.293 e. The van der Waals surface area contributed by atoms with E-state index in [0.717, 1.165) is 0 Å². The van der Waals surface area contributed by atoms with Crippen molar-refractivity contribution >= 4 is 23.0 Å². The van der Waals surface area contributed by atoms with E-state index in [-0.39, 0.29) is 11.7 Å². The molecule has 1 aromatic heterocycles. The summed E-state index contributed by atoms with van der Waals surface area (Å²) in [6.45, 7) is 2.50. The van der Waals surface area contributed by atoms with Crippen LogP contribution in [-0.2, 0) is 6.54 Å². The number of nitro benzene ring substituents is 1. The number of hydrogen-bond acceptors (Lipinski definition) is 4. The summed E-state index contributed by atoms with van der Waals surface area (Å²) in [6.07, 6.45) is 3.52. The second kappa shape index (κ2) is 5.71. The number of nitro groups is 1. The summed E-state index contributed by atoms with van der Waals surface area (Å²) in [4.78, 5) is 10.5. The molecule has 1 atom stereocenters. The van der Waals surface area contributed by atoms with Crippen LogP contribution in [0, 0.1) is 10.1 Å². The number of halogens is 1. The molecule has 0 radical (unpaired) electrons. The molecule has 100 valence electrons. The van der Waals surface area contributed by atoms with Crippen LogP contribution in [0.4, 0.5) is 11.4 Å². The van der Waals surface area contributed by atoms with Gasteiger partial charge >= 0.3 is 0 Å². The van der Waals surface area contributed by atoms with Gasteiger partial charge in [-0.2, -0.15) is 5.10 Å². The van der Waals surface area contributed by atoms with E-state index < -0.39 is 4.92 Å². The molecule has 1 aromatic carbocycles. The maximum absolute atomic E-state index is 11.0. The lowest BCUT2D eigenvalue weighted by atomic mass is 10.2. The predicted octanol–water partition coefficient (Wildman–Crippen LogP) is 2.95. The number of nitrogens with zero attached hydrogens (tertiary/aromatic N) is 3. The Kier molecular flexibility index (Phi) is 4.01. The summed E-state index contributed by atoms with van der Waals surface area (Å²) < 4.78 is 1.75. The van der Waals surface area contributed by atoms with E-state index in [0.29, 0.717) is 17.3 Å². The Morgan fingerprint density at radius 2 is 2.32 bits per heavy atom. The van der Waals surface area contributed by atoms with Crippen LogP contribution in [0.1, 0.15) is 6.92 Å². The fourth-order valence-corrected chi connectivity index (χ4v) is 2.01. The van der Waals surface area contributed by atoms with Gasteiger partial charge in [-0.25, -0.2) is 0 Å². The Labute approximate surface area is 115 Å². The quantitative estimate of drug-likeness (QED) is 0.675. The normalized spacial score (nSPS) is 12.1. The van der Waals surface area contributed by atoms with Crippen molar-refractivity contribution in [2.75, 3.05) is 5.32 Å². The number of hydrogen-bond donors (Lipinski definition) is 1. The highest BCUT2D eigenvalue weighted by atomic mass is 35.5. The predicted molar refractivity (Wildman–Crippen MR) is 73.4 cm³/mol. The molecule has 2 rings (SSSR count). The molecule has 0 aliphatic rings. The minimum Gasteiger partial charge on any atom is -0.374 e. The van der Waals surface area contributed by atoms with E-state index in [1.807, 2.05) is 19.2 Å². The van der Waals surface area contributed by atoms with Gasteiger partial charge in [-0.05, 0) is 19.1 Å². The Hall–Kier alpha value is -2.08. The van der Waals surface area contributed by atoms with Crippen molar-refractivity contribution in [2.24, 2.45) is 0 Å². The molecule has 1 heterocycles. The zero-order chi connectivity index (χ0) is 13.8. The van der Waals surface area contributed by atoms with E-state index in [4.69, 9.17) is 11.6 Å². The Bertz CT molecular complexity index is 571. The smallest absolute Gasteiger partial charge is 0.293 e. The van der Waals surface area contributed by atoms with Crippen molar-refractivity contribution in [2.45, 2.75) is 19.5 Å². The minimum absolute atomic E-state index is 0.0279. The molecule has 0 aliphatic heterocycles. The van der Waals surface area contributed by atoms with Crippen LogP contribution in [-0.4, -0.2) is 20.7 Å². The molecule has 7 heteroatoms. The van der Waals surface area contributed by atoms with Crippen LogP contribution in [0.15, 0.2) is 36.7 Å². The summed E-state index contributed by atoms with van der Waals surface area (Å²) in [5.74, 6) is 0. The molecule has 0 spiro atoms. The van der Waals surface area contributed by atoms with Crippen LogP contribution >= 0.6 is 11.6 Å². The van der Waals surface area contributed by atoms with Crippen molar-refractivity contribution < 1.29 is 4.92 Å². The van der Waals surface area contributed by atoms with Crippen LogP contribution < -0.4 is 5.32 Å². The molecule has 0 aliphatic carbocycles. The van der Waals surface area contributed by atoms with Gasteiger partial charge < -0.3 is 5.32 Å². The molecule has 0 bridgehead atoms. The lowest BCUT2D eigenvalue weighted by Gasteiger charge is -2.16. The summed E-state index contributed by atoms with van der Waals surface area (Å²) in [5, 5.41) is 18.4. The average Bonchev–Trinajstić information content (AvgIpc) is 2.84. The third-order valence-electron chi connectivity index (χ3n) is 2.60. The Morgan fingerprint density at radius 1 is 1.53 bits per heavy atom. The largest absolute Gasteiger partial charge is 0.374 e. The Morgan fingerprint density at radius 3 is 2.95 bits per heavy atom. The highest BCUT2D eigenvalue weighted by molar-refractivity contribution is 6.33. The highest BCUT2D eigenvalue weighted by Crippen LogP contribution is 2.32. The molecular formula is C12H13ClN4O2. The third kappa shape index (κ3) is 3.23. The first kappa shape index (κ1) is 13.4. The minimum atomic E-state index is -0.450. The van der Waals surface area contributed by atoms with Gasteiger partial charge in [0, 0.05) is 24.5 Å². The van der Waals surface area contributed by atoms with Gasteiger partial charge in [-0.3, -0.25) is 14.8 Å². The van der Waals surface area contributed by atoms with Gasteiger partial charge in [0.25, 0.3) is 5.69 Å². The van der Waals surface area contributed by atoms with Crippen LogP contribution in [0.25, 0.3) is 0 Å². The molecule has 0 saturated carbocycles. The molecule has 0 saturated heterocycles. The molecule has 2 aromatic rings. The number of nitrogens with one attached hydrogen (secondary N) is 1. The van der Waals surface area contributed by atoms with Crippen LogP contribution in [0.5, 0.6) is 0 Å². The highest BCUT2D eigenvalue weighted by Gasteiger charge is 2.18. The lowest BCUT2D eigenvalue weighted by molar-refractivity contribution is -0.384. The fourth-order valence-electron chi connectivity index (χ4n) is 1.79. The maximum atomic E-state index is 11.0. The van der Waals surface area contributed by atoms with Gasteiger partial charge in [-0.15, -0.1) is 0 Å². The van der Waals surface area contributed by atoms with Crippen molar-refractivity contribution in [3.8, 4) is 0 Å². The van der Waals surface area contributed by atoms with E-state index in [1.54, 1.807) is 23.0 Å². The zero-order valence-electron chi connectivity index (χ0n) is 10.3. The van der Waals surface area contributed by atoms with Crippen molar-refractivity contribution in [3.63, 3.8) is 0 Å². The number of rotatable bonds is 5. The number of aromatic nitrogens is 2. The summed E-state index contributed by atoms with van der Waals surface area (Å²) >= 11 is 6.01. The van der Waals surface area contributed by atoms with E-state index >= 15 is 0 Å². The number of benzene rings is 1. The summed E-state index contributed by atoms with van der Waals surface area (Å²) in [6, 6.07) is 6.39. The van der Waals surface area contributed by atoms with Gasteiger partial charge in [0.2, 0.25) is 0 Å². The second-order valence-electron chi connectivity index (χ2n) is 4.16. The van der Waals surface area contributed by atoms with Crippen molar-refractivity contribution in [1.29, 1.82) is 0 Å². The monoisotopic (exact) mass is 280 g/mol. The molecule has 19 heavy (non-hydrogen) atoms. The number of para-hydroxylation sites is 1. The first-order valence-electron chi connectivity index (χ1n) is 5.75. The SMILES string of the molecule is CC(Cn1cccn1)Nc1c(Cl)cccc1[N+](=O)[O-]. The van der Waals surface area contributed by atoms with E-state index in [2.05, 4.69) is 10.4 Å². The summed E-state index contributed by atoms with van der Waals surface area (Å²) in [7, 11) is 0. The van der Waals surface area contributed by atoms with Crippen LogP contribution in [0.2, 0.25) is 5.02 Å². The molecule has 0 fully saturated rings. The van der Waals surface area contributed by atoms with Crippen LogP contribution in [0.3, 0.4) is 0 Å². The standard InChI is InChI=1S/C12H13ClN4O2/c1-9(8-16-7-3-6-14-16)15-12-10(13)4-2-5-11(12)17(18)19/h2-7,9,15H,8H2,1H3. The van der Waals surface area contributed by atoms with E-state index in [9.17, 15) is 10.1 Å². The molecule has 0 amide bonds. The first-order valence-corrected chi connectivity index (χ1v) is 6.12. The zero-order valence-corrected chi connectivity index (χ0v) is 11.0. The fraction of sp³-hybridized carbons (Fsp3) is 0.250. The molecule has 6 nitrogen and oxygen atoms in total. The lowest BCUT2D eigenvalue weighted by Crippen LogP contribution is -2.22. The second-order valence-corrected chi connectivity index (χ2v) is 4.57. The van der Waals surface area contributed by atoms with Gasteiger partial charge in [0.1, 0.15) is 5.69 Å². The van der Waals surface area contributed by atoms with Gasteiger partial charge in [0.15, 0.2) is 0 Å².